The van der Waals surface area contributed by atoms with E-state index in [9.17, 15) is 19.5 Å². The van der Waals surface area contributed by atoms with Crippen molar-refractivity contribution in [2.45, 2.75) is 32.0 Å². The SMILES string of the molecule is O=Cc1cc(-c2cn(CC(=O)NC3=C(Cl)CNC(N4CCN(C5COC5)CC4)=C3)c3nc4n(c(=O)c23)CCC4)c(F)c(Cl)c1O. The van der Waals surface area contributed by atoms with Crippen LogP contribution in [0.5, 0.6) is 5.75 Å². The summed E-state index contributed by atoms with van der Waals surface area (Å²) in [6.07, 6.45) is 4.91. The van der Waals surface area contributed by atoms with Gasteiger partial charge >= 0.3 is 0 Å². The lowest BCUT2D eigenvalue weighted by molar-refractivity contribution is -0.120. The average molecular weight is 659 g/mol. The number of aldehydes is 1. The minimum Gasteiger partial charge on any atom is -0.506 e. The zero-order valence-corrected chi connectivity index (χ0v) is 25.6. The van der Waals surface area contributed by atoms with Crippen LogP contribution < -0.4 is 16.2 Å². The smallest absolute Gasteiger partial charge is 0.263 e. The van der Waals surface area contributed by atoms with Crippen molar-refractivity contribution in [3.05, 3.63) is 67.5 Å². The molecule has 15 heteroatoms. The summed E-state index contributed by atoms with van der Waals surface area (Å²) in [5.41, 5.74) is -0.0249. The summed E-state index contributed by atoms with van der Waals surface area (Å²) in [5, 5.41) is 16.2. The fourth-order valence-corrected chi connectivity index (χ4v) is 6.70. The molecule has 3 aromatic rings. The zero-order valence-electron chi connectivity index (χ0n) is 24.1. The van der Waals surface area contributed by atoms with E-state index in [4.69, 9.17) is 27.9 Å². The Hall–Kier alpha value is -3.91. The van der Waals surface area contributed by atoms with Crippen LogP contribution in [0.1, 0.15) is 22.6 Å². The lowest BCUT2D eigenvalue weighted by atomic mass is 10.0. The van der Waals surface area contributed by atoms with Crippen LogP contribution >= 0.6 is 23.2 Å². The summed E-state index contributed by atoms with van der Waals surface area (Å²) in [6, 6.07) is 1.61. The maximum Gasteiger partial charge on any atom is 0.263 e. The van der Waals surface area contributed by atoms with E-state index in [1.807, 2.05) is 6.08 Å². The number of phenolic OH excluding ortho intramolecular Hbond substituents is 1. The fourth-order valence-electron chi connectivity index (χ4n) is 6.32. The number of aromatic hydroxyl groups is 1. The standard InChI is InChI=1S/C30H30Cl2FN7O5/c31-20-10-34-23(38-6-4-37(5-7-38)17-14-45-15-17)9-21(20)35-24(42)12-39-11-19(18-8-16(13-41)28(43)26(32)27(18)33)25-29(39)36-22-2-1-3-40(22)30(25)44/h8-9,11,13,17,34,43H,1-7,10,12,14-15H2,(H,35,42). The number of halogens is 3. The summed E-state index contributed by atoms with van der Waals surface area (Å²) < 4.78 is 23.8. The van der Waals surface area contributed by atoms with Crippen molar-refractivity contribution < 1.29 is 23.8 Å². The molecule has 1 aromatic carbocycles. The van der Waals surface area contributed by atoms with Crippen LogP contribution in [0.2, 0.25) is 5.02 Å². The predicted molar refractivity (Wildman–Crippen MR) is 165 cm³/mol. The molecular weight excluding hydrogens is 628 g/mol. The van der Waals surface area contributed by atoms with Gasteiger partial charge in [-0.3, -0.25) is 23.9 Å². The van der Waals surface area contributed by atoms with Gasteiger partial charge in [0.25, 0.3) is 5.56 Å². The van der Waals surface area contributed by atoms with Crippen LogP contribution in [0.25, 0.3) is 22.2 Å². The molecule has 45 heavy (non-hydrogen) atoms. The van der Waals surface area contributed by atoms with Crippen LogP contribution in [0.3, 0.4) is 0 Å². The predicted octanol–water partition coefficient (Wildman–Crippen LogP) is 2.15. The zero-order chi connectivity index (χ0) is 31.4. The molecule has 2 aromatic heterocycles. The van der Waals surface area contributed by atoms with Gasteiger partial charge in [0, 0.05) is 62.5 Å². The number of nitrogens with zero attached hydrogens (tertiary/aromatic N) is 5. The highest BCUT2D eigenvalue weighted by atomic mass is 35.5. The van der Waals surface area contributed by atoms with Gasteiger partial charge < -0.3 is 29.9 Å². The molecule has 3 N–H and O–H groups in total. The molecule has 0 bridgehead atoms. The Labute approximate surface area is 266 Å². The number of phenols is 1. The Bertz CT molecular complexity index is 1860. The normalized spacial score (nSPS) is 18.9. The highest BCUT2D eigenvalue weighted by Gasteiger charge is 2.31. The number of hydrogen-bond donors (Lipinski definition) is 3. The number of carbonyl (C=O) groups excluding carboxylic acids is 2. The lowest BCUT2D eigenvalue weighted by Gasteiger charge is -2.44. The average Bonchev–Trinajstić information content (AvgIpc) is 3.62. The van der Waals surface area contributed by atoms with Gasteiger partial charge in [0.1, 0.15) is 34.6 Å². The van der Waals surface area contributed by atoms with Crippen molar-refractivity contribution in [1.29, 1.82) is 0 Å². The summed E-state index contributed by atoms with van der Waals surface area (Å²) in [7, 11) is 0. The molecule has 0 atom stereocenters. The molecule has 0 spiro atoms. The molecule has 7 rings (SSSR count). The molecule has 0 saturated carbocycles. The Morgan fingerprint density at radius 2 is 1.98 bits per heavy atom. The summed E-state index contributed by atoms with van der Waals surface area (Å²) >= 11 is 12.5. The van der Waals surface area contributed by atoms with Crippen molar-refractivity contribution >= 4 is 46.4 Å². The number of fused-ring (bicyclic) bond motifs is 2. The van der Waals surface area contributed by atoms with E-state index in [0.29, 0.717) is 48.4 Å². The number of hydrogen-bond acceptors (Lipinski definition) is 9. The highest BCUT2D eigenvalue weighted by Crippen LogP contribution is 2.39. The second kappa shape index (κ2) is 11.8. The van der Waals surface area contributed by atoms with Crippen LogP contribution in [0.15, 0.2) is 39.7 Å². The number of benzene rings is 1. The van der Waals surface area contributed by atoms with Gasteiger partial charge in [0.15, 0.2) is 12.1 Å². The first-order valence-electron chi connectivity index (χ1n) is 14.7. The number of aryl methyl sites for hydroxylation is 1. The number of ether oxygens (including phenoxy) is 1. The number of carbonyl (C=O) groups is 2. The van der Waals surface area contributed by atoms with Gasteiger partial charge in [-0.1, -0.05) is 23.2 Å². The third-order valence-corrected chi connectivity index (χ3v) is 9.53. The number of nitrogens with one attached hydrogen (secondary N) is 2. The van der Waals surface area contributed by atoms with Crippen molar-refractivity contribution in [2.75, 3.05) is 45.9 Å². The maximum atomic E-state index is 15.4. The monoisotopic (exact) mass is 657 g/mol. The van der Waals surface area contributed by atoms with Gasteiger partial charge in [0.2, 0.25) is 5.91 Å². The van der Waals surface area contributed by atoms with E-state index in [0.717, 1.165) is 57.7 Å². The van der Waals surface area contributed by atoms with E-state index >= 15 is 4.39 Å². The third kappa shape index (κ3) is 5.27. The largest absolute Gasteiger partial charge is 0.506 e. The number of rotatable bonds is 7. The minimum absolute atomic E-state index is 0.0832. The maximum absolute atomic E-state index is 15.4. The van der Waals surface area contributed by atoms with Crippen molar-refractivity contribution in [1.82, 2.24) is 34.6 Å². The molecule has 12 nitrogen and oxygen atoms in total. The number of aromatic nitrogens is 3. The molecule has 2 saturated heterocycles. The summed E-state index contributed by atoms with van der Waals surface area (Å²) in [5.74, 6) is -0.693. The Balaban J connectivity index is 1.18. The Morgan fingerprint density at radius 1 is 1.20 bits per heavy atom. The molecule has 4 aliphatic rings. The summed E-state index contributed by atoms with van der Waals surface area (Å²) in [6.45, 7) is 5.56. The van der Waals surface area contributed by atoms with Crippen LogP contribution in [0, 0.1) is 5.82 Å². The van der Waals surface area contributed by atoms with Crippen LogP contribution in [-0.2, 0) is 29.0 Å². The molecule has 236 valence electrons. The summed E-state index contributed by atoms with van der Waals surface area (Å²) in [4.78, 5) is 48.0. The topological polar surface area (TPSA) is 134 Å². The van der Waals surface area contributed by atoms with E-state index < -0.39 is 22.5 Å². The second-order valence-corrected chi connectivity index (χ2v) is 12.4. The minimum atomic E-state index is -1.00. The molecule has 4 aliphatic heterocycles. The molecule has 0 aliphatic carbocycles. The first-order valence-corrected chi connectivity index (χ1v) is 15.5. The molecular formula is C30H30Cl2FN7O5. The number of dihydropyridines is 1. The van der Waals surface area contributed by atoms with Crippen molar-refractivity contribution in [3.8, 4) is 16.9 Å². The lowest BCUT2D eigenvalue weighted by Crippen LogP contribution is -2.57. The van der Waals surface area contributed by atoms with Gasteiger partial charge in [-0.25, -0.2) is 9.37 Å². The Kier molecular flexibility index (Phi) is 7.80. The quantitative estimate of drug-likeness (QED) is 0.327. The van der Waals surface area contributed by atoms with Gasteiger partial charge in [-0.2, -0.15) is 0 Å². The van der Waals surface area contributed by atoms with E-state index in [1.54, 1.807) is 0 Å². The van der Waals surface area contributed by atoms with Gasteiger partial charge in [-0.05, 0) is 12.5 Å². The van der Waals surface area contributed by atoms with Crippen molar-refractivity contribution in [2.24, 2.45) is 0 Å². The molecule has 0 radical (unpaired) electrons. The fraction of sp³-hybridized carbons (Fsp3) is 0.400. The van der Waals surface area contributed by atoms with Crippen molar-refractivity contribution in [3.63, 3.8) is 0 Å². The second-order valence-electron chi connectivity index (χ2n) is 11.5. The first kappa shape index (κ1) is 29.8. The van der Waals surface area contributed by atoms with E-state index in [2.05, 4.69) is 25.4 Å². The third-order valence-electron chi connectivity index (χ3n) is 8.84. The van der Waals surface area contributed by atoms with Crippen LogP contribution in [0.4, 0.5) is 4.39 Å². The van der Waals surface area contributed by atoms with E-state index in [-0.39, 0.29) is 39.8 Å². The first-order chi connectivity index (χ1) is 21.7. The Morgan fingerprint density at radius 3 is 2.69 bits per heavy atom. The van der Waals surface area contributed by atoms with E-state index in [1.165, 1.54) is 15.3 Å². The van der Waals surface area contributed by atoms with Crippen LogP contribution in [-0.4, -0.2) is 93.2 Å². The molecule has 6 heterocycles. The number of allylic oxidation sites excluding steroid dienone is 1. The number of piperazine rings is 1. The molecule has 2 fully saturated rings. The highest BCUT2D eigenvalue weighted by molar-refractivity contribution is 6.33. The molecule has 1 amide bonds. The molecule has 0 unspecified atom stereocenters. The number of amides is 1. The van der Waals surface area contributed by atoms with Gasteiger partial charge in [-0.15, -0.1) is 0 Å². The van der Waals surface area contributed by atoms with Gasteiger partial charge in [0.05, 0.1) is 47.5 Å².